The van der Waals surface area contributed by atoms with Crippen LogP contribution in [-0.4, -0.2) is 31.1 Å². The van der Waals surface area contributed by atoms with Gasteiger partial charge < -0.3 is 19.1 Å². The summed E-state index contributed by atoms with van der Waals surface area (Å²) in [5.41, 5.74) is 0.356. The molecule has 3 rings (SSSR count). The summed E-state index contributed by atoms with van der Waals surface area (Å²) in [6, 6.07) is 8.95. The molecule has 33 heavy (non-hydrogen) atoms. The second-order valence-corrected chi connectivity index (χ2v) is 7.21. The van der Waals surface area contributed by atoms with E-state index in [1.165, 1.54) is 48.6 Å². The van der Waals surface area contributed by atoms with Gasteiger partial charge in [0.2, 0.25) is 0 Å². The first-order valence-electron chi connectivity index (χ1n) is 9.53. The quantitative estimate of drug-likeness (QED) is 0.335. The second kappa shape index (κ2) is 10.0. The number of carbonyl (C=O) groups is 2. The number of hydrogen-bond acceptors (Lipinski definition) is 8. The topological polar surface area (TPSA) is 108 Å². The Labute approximate surface area is 194 Å². The molecule has 9 nitrogen and oxygen atoms in total. The lowest BCUT2D eigenvalue weighted by molar-refractivity contribution is -0.384. The molecule has 0 spiro atoms. The molecule has 0 fully saturated rings. The first-order chi connectivity index (χ1) is 15.7. The highest BCUT2D eigenvalue weighted by atomic mass is 35.5. The van der Waals surface area contributed by atoms with Crippen LogP contribution in [-0.2, 0) is 19.1 Å². The predicted octanol–water partition coefficient (Wildman–Crippen LogP) is 4.84. The number of rotatable bonds is 6. The van der Waals surface area contributed by atoms with Crippen LogP contribution in [0.5, 0.6) is 11.5 Å². The van der Waals surface area contributed by atoms with Gasteiger partial charge in [0.1, 0.15) is 17.2 Å². The lowest BCUT2D eigenvalue weighted by Crippen LogP contribution is -2.27. The Morgan fingerprint density at radius 1 is 1.03 bits per heavy atom. The molecule has 0 saturated heterocycles. The van der Waals surface area contributed by atoms with Crippen LogP contribution < -0.4 is 9.64 Å². The van der Waals surface area contributed by atoms with Gasteiger partial charge in [-0.1, -0.05) is 17.7 Å². The molecule has 1 heterocycles. The van der Waals surface area contributed by atoms with E-state index in [1.54, 1.807) is 31.2 Å². The number of anilines is 1. The summed E-state index contributed by atoms with van der Waals surface area (Å²) < 4.78 is 15.5. The van der Waals surface area contributed by atoms with Crippen molar-refractivity contribution in [3.8, 4) is 11.5 Å². The molecule has 0 N–H and O–H groups in total. The molecule has 1 aliphatic heterocycles. The molecule has 1 aliphatic rings. The van der Waals surface area contributed by atoms with Crippen molar-refractivity contribution in [3.63, 3.8) is 0 Å². The van der Waals surface area contributed by atoms with Gasteiger partial charge in [-0.2, -0.15) is 0 Å². The fraction of sp³-hybridized carbons (Fsp3) is 0.130. The fourth-order valence-electron chi connectivity index (χ4n) is 3.09. The number of carbonyl (C=O) groups excluding carboxylic acids is 2. The first kappa shape index (κ1) is 23.6. The average Bonchev–Trinajstić information content (AvgIpc) is 3.02. The van der Waals surface area contributed by atoms with Crippen molar-refractivity contribution in [2.75, 3.05) is 19.1 Å². The summed E-state index contributed by atoms with van der Waals surface area (Å²) in [6.07, 6.45) is 5.94. The normalized spacial score (nSPS) is 12.9. The Kier molecular flexibility index (Phi) is 7.14. The number of methoxy groups -OCH3 is 2. The van der Waals surface area contributed by atoms with Crippen molar-refractivity contribution in [1.29, 1.82) is 0 Å². The molecule has 0 amide bonds. The van der Waals surface area contributed by atoms with Gasteiger partial charge in [-0.3, -0.25) is 10.1 Å². The van der Waals surface area contributed by atoms with Crippen LogP contribution in [0.15, 0.2) is 72.1 Å². The number of benzene rings is 2. The Balaban J connectivity index is 2.17. The second-order valence-electron chi connectivity index (χ2n) is 6.77. The van der Waals surface area contributed by atoms with Crippen molar-refractivity contribution >= 4 is 34.9 Å². The Morgan fingerprint density at radius 3 is 2.39 bits per heavy atom. The minimum atomic E-state index is -0.839. The summed E-state index contributed by atoms with van der Waals surface area (Å²) in [4.78, 5) is 37.3. The zero-order valence-corrected chi connectivity index (χ0v) is 18.7. The SMILES string of the molecule is COC(=O)C1=C(C(=O)OC)N(c2cc(Oc3ccc(Cl)cc3C)cc([N+](=O)[O-])c2)C=CC=C1. The highest BCUT2D eigenvalue weighted by molar-refractivity contribution is 6.30. The summed E-state index contributed by atoms with van der Waals surface area (Å²) >= 11 is 5.99. The molecule has 0 aliphatic carbocycles. The number of nitro benzene ring substituents is 1. The van der Waals surface area contributed by atoms with E-state index in [0.29, 0.717) is 10.8 Å². The number of non-ortho nitro benzene ring substituents is 1. The third kappa shape index (κ3) is 5.21. The van der Waals surface area contributed by atoms with Gasteiger partial charge in [-0.05, 0) is 42.8 Å². The van der Waals surface area contributed by atoms with E-state index in [-0.39, 0.29) is 28.4 Å². The monoisotopic (exact) mass is 470 g/mol. The summed E-state index contributed by atoms with van der Waals surface area (Å²) in [5.74, 6) is -1.04. The lowest BCUT2D eigenvalue weighted by Gasteiger charge is -2.23. The molecule has 2 aromatic carbocycles. The Hall–Kier alpha value is -4.11. The first-order valence-corrected chi connectivity index (χ1v) is 9.91. The van der Waals surface area contributed by atoms with E-state index in [2.05, 4.69) is 0 Å². The number of esters is 2. The standard InChI is InChI=1S/C23H19ClN2O7/c1-14-10-15(24)7-8-20(14)33-18-12-16(11-17(13-18)26(29)30)25-9-5-4-6-19(22(27)31-2)21(25)23(28)32-3/h4-13H,1-3H3. The number of hydrogen-bond donors (Lipinski definition) is 0. The summed E-state index contributed by atoms with van der Waals surface area (Å²) in [7, 11) is 2.33. The predicted molar refractivity (Wildman–Crippen MR) is 121 cm³/mol. The van der Waals surface area contributed by atoms with E-state index in [0.717, 1.165) is 12.7 Å². The molecule has 0 atom stereocenters. The maximum Gasteiger partial charge on any atom is 0.355 e. The van der Waals surface area contributed by atoms with E-state index >= 15 is 0 Å². The summed E-state index contributed by atoms with van der Waals surface area (Å²) in [5, 5.41) is 12.1. The van der Waals surface area contributed by atoms with Crippen molar-refractivity contribution in [2.45, 2.75) is 6.92 Å². The molecule has 0 saturated carbocycles. The van der Waals surface area contributed by atoms with Crippen LogP contribution in [0.3, 0.4) is 0 Å². The fourth-order valence-corrected chi connectivity index (χ4v) is 3.32. The van der Waals surface area contributed by atoms with Crippen molar-refractivity contribution in [1.82, 2.24) is 0 Å². The van der Waals surface area contributed by atoms with Crippen molar-refractivity contribution in [2.24, 2.45) is 0 Å². The van der Waals surface area contributed by atoms with Gasteiger partial charge in [-0.25, -0.2) is 9.59 Å². The highest BCUT2D eigenvalue weighted by Crippen LogP contribution is 2.36. The zero-order valence-electron chi connectivity index (χ0n) is 17.9. The molecular weight excluding hydrogens is 452 g/mol. The minimum absolute atomic E-state index is 0.0862. The minimum Gasteiger partial charge on any atom is -0.465 e. The number of allylic oxidation sites excluding steroid dienone is 2. The van der Waals surface area contributed by atoms with E-state index in [4.69, 9.17) is 25.8 Å². The van der Waals surface area contributed by atoms with Gasteiger partial charge in [0.25, 0.3) is 5.69 Å². The van der Waals surface area contributed by atoms with Gasteiger partial charge in [0.15, 0.2) is 0 Å². The van der Waals surface area contributed by atoms with E-state index < -0.39 is 16.9 Å². The summed E-state index contributed by atoms with van der Waals surface area (Å²) in [6.45, 7) is 1.78. The third-order valence-corrected chi connectivity index (χ3v) is 4.85. The number of halogens is 1. The van der Waals surface area contributed by atoms with Crippen molar-refractivity contribution in [3.05, 3.63) is 92.8 Å². The van der Waals surface area contributed by atoms with Crippen molar-refractivity contribution < 1.29 is 28.7 Å². The van der Waals surface area contributed by atoms with Gasteiger partial charge in [-0.15, -0.1) is 0 Å². The maximum atomic E-state index is 12.6. The molecule has 170 valence electrons. The molecule has 0 bridgehead atoms. The van der Waals surface area contributed by atoms with Crippen LogP contribution in [0.1, 0.15) is 5.56 Å². The largest absolute Gasteiger partial charge is 0.465 e. The molecule has 0 radical (unpaired) electrons. The van der Waals surface area contributed by atoms with Crippen LogP contribution >= 0.6 is 11.6 Å². The van der Waals surface area contributed by atoms with Gasteiger partial charge >= 0.3 is 11.9 Å². The Morgan fingerprint density at radius 2 is 1.76 bits per heavy atom. The third-order valence-electron chi connectivity index (χ3n) is 4.62. The molecule has 0 aromatic heterocycles. The van der Waals surface area contributed by atoms with Crippen LogP contribution in [0.2, 0.25) is 5.02 Å². The van der Waals surface area contributed by atoms with E-state index in [9.17, 15) is 19.7 Å². The molecule has 2 aromatic rings. The molecular formula is C23H19ClN2O7. The number of nitro groups is 1. The van der Waals surface area contributed by atoms with E-state index in [1.807, 2.05) is 0 Å². The highest BCUT2D eigenvalue weighted by Gasteiger charge is 2.28. The zero-order chi connectivity index (χ0) is 24.1. The van der Waals surface area contributed by atoms with Gasteiger partial charge in [0.05, 0.1) is 36.5 Å². The molecule has 0 unspecified atom stereocenters. The lowest BCUT2D eigenvalue weighted by atomic mass is 10.1. The Bertz CT molecular complexity index is 1220. The van der Waals surface area contributed by atoms with Crippen LogP contribution in [0.25, 0.3) is 0 Å². The number of nitrogens with zero attached hydrogens (tertiary/aromatic N) is 2. The number of aryl methyl sites for hydroxylation is 1. The average molecular weight is 471 g/mol. The van der Waals surface area contributed by atoms with Crippen LogP contribution in [0.4, 0.5) is 11.4 Å². The van der Waals surface area contributed by atoms with Crippen LogP contribution in [0, 0.1) is 17.0 Å². The molecule has 10 heteroatoms. The van der Waals surface area contributed by atoms with Gasteiger partial charge in [0, 0.05) is 23.4 Å². The maximum absolute atomic E-state index is 12.6. The smallest absolute Gasteiger partial charge is 0.355 e. The number of ether oxygens (including phenoxy) is 3.